The predicted molar refractivity (Wildman–Crippen MR) is 122 cm³/mol. The highest BCUT2D eigenvalue weighted by Crippen LogP contribution is 2.27. The lowest BCUT2D eigenvalue weighted by Gasteiger charge is -2.22. The van der Waals surface area contributed by atoms with Crippen molar-refractivity contribution in [2.24, 2.45) is 0 Å². The van der Waals surface area contributed by atoms with Gasteiger partial charge in [0.05, 0.1) is 12.1 Å². The number of carboxylic acids is 1. The molecule has 7 heteroatoms. The Morgan fingerprint density at radius 1 is 1.12 bits per heavy atom. The Balaban J connectivity index is 1.53. The van der Waals surface area contributed by atoms with Crippen LogP contribution in [0.3, 0.4) is 0 Å². The Hall–Kier alpha value is -3.19. The average Bonchev–Trinajstić information content (AvgIpc) is 3.13. The fourth-order valence-electron chi connectivity index (χ4n) is 3.93. The fraction of sp³-hybridized carbons (Fsp3) is 0.385. The van der Waals surface area contributed by atoms with Crippen LogP contribution >= 0.6 is 0 Å². The van der Waals surface area contributed by atoms with E-state index in [4.69, 9.17) is 9.84 Å². The van der Waals surface area contributed by atoms with Crippen LogP contribution in [0, 0.1) is 5.82 Å². The molecule has 2 atom stereocenters. The van der Waals surface area contributed by atoms with Crippen LogP contribution < -0.4 is 4.74 Å². The number of benzene rings is 2. The lowest BCUT2D eigenvalue weighted by atomic mass is 10.1. The molecule has 0 radical (unpaired) electrons. The van der Waals surface area contributed by atoms with Crippen molar-refractivity contribution in [3.8, 4) is 11.5 Å². The van der Waals surface area contributed by atoms with Gasteiger partial charge in [-0.2, -0.15) is 0 Å². The van der Waals surface area contributed by atoms with Gasteiger partial charge in [-0.05, 0) is 49.1 Å². The molecule has 2 N–H and O–H groups in total. The average molecular weight is 456 g/mol. The van der Waals surface area contributed by atoms with Crippen molar-refractivity contribution in [1.29, 1.82) is 0 Å². The highest BCUT2D eigenvalue weighted by atomic mass is 19.1. The van der Waals surface area contributed by atoms with E-state index in [1.165, 1.54) is 12.1 Å². The number of ether oxygens (including phenoxy) is 1. The molecule has 33 heavy (non-hydrogen) atoms. The van der Waals surface area contributed by atoms with Crippen LogP contribution in [-0.2, 0) is 9.59 Å². The Bertz CT molecular complexity index is 977. The number of hydrogen-bond donors (Lipinski definition) is 2. The van der Waals surface area contributed by atoms with Crippen LogP contribution in [0.25, 0.3) is 0 Å². The van der Waals surface area contributed by atoms with Crippen molar-refractivity contribution in [2.45, 2.75) is 57.1 Å². The van der Waals surface area contributed by atoms with Gasteiger partial charge in [-0.25, -0.2) is 4.39 Å². The minimum atomic E-state index is -0.866. The molecule has 2 aromatic rings. The highest BCUT2D eigenvalue weighted by Gasteiger charge is 2.28. The monoisotopic (exact) mass is 455 g/mol. The maximum atomic E-state index is 13.4. The lowest BCUT2D eigenvalue weighted by molar-refractivity contribution is -0.137. The molecule has 1 aliphatic heterocycles. The summed E-state index contributed by atoms with van der Waals surface area (Å²) in [7, 11) is 0. The van der Waals surface area contributed by atoms with Gasteiger partial charge in [0.15, 0.2) is 0 Å². The molecule has 2 aromatic carbocycles. The summed E-state index contributed by atoms with van der Waals surface area (Å²) in [5.41, 5.74) is 0.634. The molecular weight excluding hydrogens is 425 g/mol. The molecule has 0 bridgehead atoms. The molecule has 1 amide bonds. The standard InChI is InChI=1S/C26H30FNO5/c27-20-8-6-10-23(18-20)33-22-9-5-7-19(17-22)24(29)14-12-21-13-15-25(30)28(21)16-4-2-1-3-11-26(31)32/h5-10,12,14,17-18,21,24,29H,1-4,11,13,15-16H2,(H,31,32)/b14-12+/t21-,24?/m0/s1. The zero-order valence-corrected chi connectivity index (χ0v) is 18.5. The van der Waals surface area contributed by atoms with Gasteiger partial charge < -0.3 is 19.8 Å². The topological polar surface area (TPSA) is 87.1 Å². The number of hydrogen-bond acceptors (Lipinski definition) is 4. The first-order valence-corrected chi connectivity index (χ1v) is 11.3. The number of nitrogens with zero attached hydrogens (tertiary/aromatic N) is 1. The summed E-state index contributed by atoms with van der Waals surface area (Å²) in [5, 5.41) is 19.3. The van der Waals surface area contributed by atoms with Gasteiger partial charge in [0, 0.05) is 25.5 Å². The SMILES string of the molecule is O=C(O)CCCCCCN1C(=O)CC[C@@H]1/C=C/C(O)c1cccc(Oc2cccc(F)c2)c1. The van der Waals surface area contributed by atoms with Gasteiger partial charge in [-0.3, -0.25) is 9.59 Å². The van der Waals surface area contributed by atoms with Gasteiger partial charge in [-0.15, -0.1) is 0 Å². The maximum absolute atomic E-state index is 13.4. The molecule has 1 saturated heterocycles. The normalized spacial score (nSPS) is 17.0. The van der Waals surface area contributed by atoms with E-state index in [1.54, 1.807) is 42.5 Å². The van der Waals surface area contributed by atoms with Crippen LogP contribution in [0.5, 0.6) is 11.5 Å². The number of carbonyl (C=O) groups is 2. The highest BCUT2D eigenvalue weighted by molar-refractivity contribution is 5.79. The summed E-state index contributed by atoms with van der Waals surface area (Å²) in [5.74, 6) is -0.191. The van der Waals surface area contributed by atoms with Crippen LogP contribution in [0.2, 0.25) is 0 Å². The number of halogens is 1. The van der Waals surface area contributed by atoms with Crippen LogP contribution in [-0.4, -0.2) is 39.6 Å². The third-order valence-electron chi connectivity index (χ3n) is 5.66. The van der Waals surface area contributed by atoms with E-state index < -0.39 is 12.1 Å². The van der Waals surface area contributed by atoms with Crippen LogP contribution in [0.4, 0.5) is 4.39 Å². The number of amides is 1. The second-order valence-electron chi connectivity index (χ2n) is 8.21. The van der Waals surface area contributed by atoms with Crippen LogP contribution in [0.1, 0.15) is 56.6 Å². The van der Waals surface area contributed by atoms with Crippen molar-refractivity contribution in [2.75, 3.05) is 6.54 Å². The quantitative estimate of drug-likeness (QED) is 0.338. The molecule has 0 aliphatic carbocycles. The molecule has 1 aliphatic rings. The van der Waals surface area contributed by atoms with E-state index in [1.807, 2.05) is 11.0 Å². The third-order valence-corrected chi connectivity index (χ3v) is 5.66. The minimum Gasteiger partial charge on any atom is -0.481 e. The molecule has 0 aromatic heterocycles. The summed E-state index contributed by atoms with van der Waals surface area (Å²) in [6, 6.07) is 12.8. The first kappa shape index (κ1) is 24.5. The molecular formula is C26H30FNO5. The smallest absolute Gasteiger partial charge is 0.303 e. The van der Waals surface area contributed by atoms with Crippen molar-refractivity contribution >= 4 is 11.9 Å². The summed E-state index contributed by atoms with van der Waals surface area (Å²) in [6.45, 7) is 0.633. The number of aliphatic hydroxyl groups excluding tert-OH is 1. The van der Waals surface area contributed by atoms with Gasteiger partial charge in [0.2, 0.25) is 5.91 Å². The molecule has 3 rings (SSSR count). The van der Waals surface area contributed by atoms with E-state index in [9.17, 15) is 19.1 Å². The number of aliphatic hydroxyl groups is 1. The minimum absolute atomic E-state index is 0.0575. The molecule has 6 nitrogen and oxygen atoms in total. The molecule has 1 fully saturated rings. The lowest BCUT2D eigenvalue weighted by Crippen LogP contribution is -2.32. The van der Waals surface area contributed by atoms with Gasteiger partial charge in [0.25, 0.3) is 0 Å². The summed E-state index contributed by atoms with van der Waals surface area (Å²) >= 11 is 0. The van der Waals surface area contributed by atoms with E-state index in [0.29, 0.717) is 42.9 Å². The van der Waals surface area contributed by atoms with E-state index in [-0.39, 0.29) is 24.2 Å². The van der Waals surface area contributed by atoms with Gasteiger partial charge in [0.1, 0.15) is 17.3 Å². The Morgan fingerprint density at radius 3 is 2.61 bits per heavy atom. The molecule has 1 heterocycles. The number of carbonyl (C=O) groups excluding carboxylic acids is 1. The van der Waals surface area contributed by atoms with E-state index in [0.717, 1.165) is 19.3 Å². The molecule has 176 valence electrons. The Kier molecular flexibility index (Phi) is 9.01. The zero-order valence-electron chi connectivity index (χ0n) is 18.5. The Morgan fingerprint density at radius 2 is 1.85 bits per heavy atom. The second-order valence-corrected chi connectivity index (χ2v) is 8.21. The molecule has 1 unspecified atom stereocenters. The third kappa shape index (κ3) is 7.71. The Labute approximate surface area is 193 Å². The van der Waals surface area contributed by atoms with E-state index in [2.05, 4.69) is 0 Å². The number of carboxylic acid groups (broad SMARTS) is 1. The summed E-state index contributed by atoms with van der Waals surface area (Å²) in [6.07, 6.45) is 7.28. The maximum Gasteiger partial charge on any atom is 0.303 e. The number of likely N-dealkylation sites (tertiary alicyclic amines) is 1. The zero-order chi connectivity index (χ0) is 23.6. The molecule has 0 spiro atoms. The van der Waals surface area contributed by atoms with Crippen molar-refractivity contribution < 1.29 is 28.9 Å². The first-order chi connectivity index (χ1) is 15.9. The summed E-state index contributed by atoms with van der Waals surface area (Å²) < 4.78 is 19.1. The first-order valence-electron chi connectivity index (χ1n) is 11.3. The predicted octanol–water partition coefficient (Wildman–Crippen LogP) is 5.23. The van der Waals surface area contributed by atoms with Crippen molar-refractivity contribution in [3.63, 3.8) is 0 Å². The second kappa shape index (κ2) is 12.2. The van der Waals surface area contributed by atoms with E-state index >= 15 is 0 Å². The molecule has 0 saturated carbocycles. The summed E-state index contributed by atoms with van der Waals surface area (Å²) in [4.78, 5) is 24.7. The van der Waals surface area contributed by atoms with Crippen LogP contribution in [0.15, 0.2) is 60.7 Å². The van der Waals surface area contributed by atoms with Crippen molar-refractivity contribution in [1.82, 2.24) is 4.90 Å². The number of aliphatic carboxylic acids is 1. The number of unbranched alkanes of at least 4 members (excludes halogenated alkanes) is 3. The largest absolute Gasteiger partial charge is 0.481 e. The van der Waals surface area contributed by atoms with Crippen molar-refractivity contribution in [3.05, 3.63) is 72.1 Å². The number of rotatable bonds is 12. The van der Waals surface area contributed by atoms with Gasteiger partial charge in [-0.1, -0.05) is 43.2 Å². The van der Waals surface area contributed by atoms with Gasteiger partial charge >= 0.3 is 5.97 Å². The fourth-order valence-corrected chi connectivity index (χ4v) is 3.93.